The van der Waals surface area contributed by atoms with E-state index in [-0.39, 0.29) is 6.04 Å². The maximum Gasteiger partial charge on any atom is 0.306 e. The Morgan fingerprint density at radius 1 is 1.47 bits per heavy atom. The molecule has 1 aromatic carbocycles. The van der Waals surface area contributed by atoms with Crippen LogP contribution in [0.25, 0.3) is 0 Å². The number of hydrogen-bond acceptors (Lipinski definition) is 3. The standard InChI is InChI=1S/C14H20BrNO3/c1-9(14(17)18)7-12(16(2)3)11-8-10(15)5-6-13(11)19-4/h5-6,8-9,12H,7H2,1-4H3,(H,17,18). The average Bonchev–Trinajstić information content (AvgIpc) is 2.34. The van der Waals surface area contributed by atoms with Crippen LogP contribution in [-0.2, 0) is 4.79 Å². The largest absolute Gasteiger partial charge is 0.496 e. The van der Waals surface area contributed by atoms with E-state index >= 15 is 0 Å². The Hall–Kier alpha value is -1.07. The lowest BCUT2D eigenvalue weighted by atomic mass is 9.94. The maximum atomic E-state index is 11.1. The minimum atomic E-state index is -0.777. The number of halogens is 1. The molecular formula is C14H20BrNO3. The van der Waals surface area contributed by atoms with Crippen molar-refractivity contribution in [3.05, 3.63) is 28.2 Å². The van der Waals surface area contributed by atoms with E-state index in [1.54, 1.807) is 14.0 Å². The molecule has 5 heteroatoms. The summed E-state index contributed by atoms with van der Waals surface area (Å²) in [5.74, 6) is -0.406. The quantitative estimate of drug-likeness (QED) is 0.870. The topological polar surface area (TPSA) is 49.8 Å². The minimum Gasteiger partial charge on any atom is -0.496 e. The van der Waals surface area contributed by atoms with Crippen molar-refractivity contribution >= 4 is 21.9 Å². The smallest absolute Gasteiger partial charge is 0.306 e. The van der Waals surface area contributed by atoms with Crippen molar-refractivity contribution in [2.75, 3.05) is 21.2 Å². The molecule has 0 aliphatic rings. The summed E-state index contributed by atoms with van der Waals surface area (Å²) < 4.78 is 6.34. The van der Waals surface area contributed by atoms with Gasteiger partial charge in [-0.15, -0.1) is 0 Å². The van der Waals surface area contributed by atoms with E-state index in [1.807, 2.05) is 37.2 Å². The van der Waals surface area contributed by atoms with E-state index in [0.29, 0.717) is 6.42 Å². The molecule has 0 heterocycles. The molecule has 4 nitrogen and oxygen atoms in total. The van der Waals surface area contributed by atoms with Gasteiger partial charge < -0.3 is 14.7 Å². The second-order valence-electron chi connectivity index (χ2n) is 4.84. The predicted octanol–water partition coefficient (Wildman–Crippen LogP) is 3.17. The number of aliphatic carboxylic acids is 1. The molecule has 1 rings (SSSR count). The summed E-state index contributed by atoms with van der Waals surface area (Å²) in [4.78, 5) is 13.1. The summed E-state index contributed by atoms with van der Waals surface area (Å²) >= 11 is 3.45. The van der Waals surface area contributed by atoms with Gasteiger partial charge in [0.1, 0.15) is 5.75 Å². The van der Waals surface area contributed by atoms with Crippen LogP contribution in [0, 0.1) is 5.92 Å². The summed E-state index contributed by atoms with van der Waals surface area (Å²) in [6.07, 6.45) is 0.537. The Labute approximate surface area is 122 Å². The molecule has 0 bridgehead atoms. The zero-order chi connectivity index (χ0) is 14.6. The molecule has 0 aromatic heterocycles. The van der Waals surface area contributed by atoms with Gasteiger partial charge in [0, 0.05) is 16.1 Å². The normalized spacial score (nSPS) is 14.2. The lowest BCUT2D eigenvalue weighted by Crippen LogP contribution is -2.25. The van der Waals surface area contributed by atoms with Gasteiger partial charge in [0.25, 0.3) is 0 Å². The first-order chi connectivity index (χ1) is 8.86. The molecule has 106 valence electrons. The van der Waals surface area contributed by atoms with Crippen molar-refractivity contribution in [3.63, 3.8) is 0 Å². The van der Waals surface area contributed by atoms with Gasteiger partial charge in [-0.25, -0.2) is 0 Å². The fraction of sp³-hybridized carbons (Fsp3) is 0.500. The molecule has 0 saturated heterocycles. The van der Waals surface area contributed by atoms with Crippen molar-refractivity contribution < 1.29 is 14.6 Å². The number of nitrogens with zero attached hydrogens (tertiary/aromatic N) is 1. The van der Waals surface area contributed by atoms with Crippen LogP contribution in [0.5, 0.6) is 5.75 Å². The molecule has 0 spiro atoms. The number of benzene rings is 1. The van der Waals surface area contributed by atoms with Crippen molar-refractivity contribution in [2.24, 2.45) is 5.92 Å². The molecule has 0 amide bonds. The summed E-state index contributed by atoms with van der Waals surface area (Å²) in [6, 6.07) is 5.79. The van der Waals surface area contributed by atoms with Gasteiger partial charge >= 0.3 is 5.97 Å². The zero-order valence-electron chi connectivity index (χ0n) is 11.7. The third kappa shape index (κ3) is 4.21. The van der Waals surface area contributed by atoms with Gasteiger partial charge in [-0.05, 0) is 38.7 Å². The van der Waals surface area contributed by atoms with Gasteiger partial charge in [0.05, 0.1) is 13.0 Å². The summed E-state index contributed by atoms with van der Waals surface area (Å²) in [5, 5.41) is 9.08. The van der Waals surface area contributed by atoms with Gasteiger partial charge in [0.2, 0.25) is 0 Å². The minimum absolute atomic E-state index is 0.00134. The number of hydrogen-bond donors (Lipinski definition) is 1. The summed E-state index contributed by atoms with van der Waals surface area (Å²) in [5.41, 5.74) is 0.995. The first-order valence-electron chi connectivity index (χ1n) is 6.09. The Morgan fingerprint density at radius 3 is 2.58 bits per heavy atom. The van der Waals surface area contributed by atoms with Crippen LogP contribution in [0.1, 0.15) is 24.9 Å². The number of methoxy groups -OCH3 is 1. The number of ether oxygens (including phenoxy) is 1. The lowest BCUT2D eigenvalue weighted by Gasteiger charge is -2.28. The molecular weight excluding hydrogens is 310 g/mol. The van der Waals surface area contributed by atoms with Crippen LogP contribution >= 0.6 is 15.9 Å². The molecule has 1 N–H and O–H groups in total. The van der Waals surface area contributed by atoms with Gasteiger partial charge in [-0.1, -0.05) is 22.9 Å². The molecule has 2 atom stereocenters. The highest BCUT2D eigenvalue weighted by atomic mass is 79.9. The SMILES string of the molecule is COc1ccc(Br)cc1C(CC(C)C(=O)O)N(C)C. The van der Waals surface area contributed by atoms with Crippen molar-refractivity contribution in [1.82, 2.24) is 4.90 Å². The molecule has 1 aromatic rings. The Morgan fingerprint density at radius 2 is 2.11 bits per heavy atom. The Bertz CT molecular complexity index is 448. The zero-order valence-corrected chi connectivity index (χ0v) is 13.3. The van der Waals surface area contributed by atoms with Crippen LogP contribution in [-0.4, -0.2) is 37.2 Å². The van der Waals surface area contributed by atoms with E-state index in [1.165, 1.54) is 0 Å². The van der Waals surface area contributed by atoms with Crippen LogP contribution in [0.3, 0.4) is 0 Å². The van der Waals surface area contributed by atoms with Crippen LogP contribution in [0.4, 0.5) is 0 Å². The first-order valence-corrected chi connectivity index (χ1v) is 6.88. The number of carboxylic acids is 1. The van der Waals surface area contributed by atoms with Crippen LogP contribution in [0.2, 0.25) is 0 Å². The third-order valence-corrected chi connectivity index (χ3v) is 3.67. The molecule has 0 radical (unpaired) electrons. The lowest BCUT2D eigenvalue weighted by molar-refractivity contribution is -0.141. The Balaban J connectivity index is 3.11. The molecule has 19 heavy (non-hydrogen) atoms. The van der Waals surface area contributed by atoms with E-state index in [4.69, 9.17) is 9.84 Å². The van der Waals surface area contributed by atoms with Gasteiger partial charge in [-0.3, -0.25) is 4.79 Å². The van der Waals surface area contributed by atoms with E-state index < -0.39 is 11.9 Å². The number of carboxylic acid groups (broad SMARTS) is 1. The highest BCUT2D eigenvalue weighted by molar-refractivity contribution is 9.10. The van der Waals surface area contributed by atoms with Crippen molar-refractivity contribution in [1.29, 1.82) is 0 Å². The highest BCUT2D eigenvalue weighted by Gasteiger charge is 2.24. The average molecular weight is 330 g/mol. The fourth-order valence-corrected chi connectivity index (χ4v) is 2.40. The number of carbonyl (C=O) groups is 1. The Kier molecular flexibility index (Phi) is 5.82. The second kappa shape index (κ2) is 6.91. The monoisotopic (exact) mass is 329 g/mol. The third-order valence-electron chi connectivity index (χ3n) is 3.17. The molecule has 0 saturated carbocycles. The molecule has 0 aliphatic carbocycles. The molecule has 0 aliphatic heterocycles. The van der Waals surface area contributed by atoms with E-state index in [0.717, 1.165) is 15.8 Å². The highest BCUT2D eigenvalue weighted by Crippen LogP contribution is 2.34. The fourth-order valence-electron chi connectivity index (χ4n) is 2.02. The summed E-state index contributed by atoms with van der Waals surface area (Å²) in [7, 11) is 5.51. The first kappa shape index (κ1) is 16.0. The van der Waals surface area contributed by atoms with Gasteiger partial charge in [0.15, 0.2) is 0 Å². The van der Waals surface area contributed by atoms with E-state index in [9.17, 15) is 4.79 Å². The van der Waals surface area contributed by atoms with Gasteiger partial charge in [-0.2, -0.15) is 0 Å². The predicted molar refractivity (Wildman–Crippen MR) is 78.5 cm³/mol. The van der Waals surface area contributed by atoms with Crippen molar-refractivity contribution in [2.45, 2.75) is 19.4 Å². The van der Waals surface area contributed by atoms with Crippen LogP contribution in [0.15, 0.2) is 22.7 Å². The number of rotatable bonds is 6. The van der Waals surface area contributed by atoms with Crippen LogP contribution < -0.4 is 4.74 Å². The van der Waals surface area contributed by atoms with Crippen molar-refractivity contribution in [3.8, 4) is 5.75 Å². The van der Waals surface area contributed by atoms with E-state index in [2.05, 4.69) is 15.9 Å². The molecule has 2 unspecified atom stereocenters. The summed E-state index contributed by atoms with van der Waals surface area (Å²) in [6.45, 7) is 1.73. The second-order valence-corrected chi connectivity index (χ2v) is 5.76. The molecule has 0 fully saturated rings. The maximum absolute atomic E-state index is 11.1.